The first-order valence-electron chi connectivity index (χ1n) is 9.54. The summed E-state index contributed by atoms with van der Waals surface area (Å²) < 4.78 is 74.2. The lowest BCUT2D eigenvalue weighted by Gasteiger charge is -2.11. The number of nitrogens with zero attached hydrogens (tertiary/aromatic N) is 4. The summed E-state index contributed by atoms with van der Waals surface area (Å²) in [7, 11) is 1.46. The number of hydrogen-bond acceptors (Lipinski definition) is 4. The van der Waals surface area contributed by atoms with Gasteiger partial charge in [-0.05, 0) is 35.9 Å². The standard InChI is InChI=1S/C22H13Cl2F5N4O/c1-33-20(31-19(32-33)17-14(23)3-2-4-16(17)25)18(26)11-5-7-13(8-6-11)34-21-15(24)9-12(10-30-21)22(27,28)29/h2-10,18H,1H3. The number of halogens is 7. The van der Waals surface area contributed by atoms with Crippen LogP contribution in [0.15, 0.2) is 54.7 Å². The summed E-state index contributed by atoms with van der Waals surface area (Å²) in [6.45, 7) is 0. The highest BCUT2D eigenvalue weighted by Gasteiger charge is 2.32. The van der Waals surface area contributed by atoms with Crippen LogP contribution in [0.2, 0.25) is 10.0 Å². The first kappa shape index (κ1) is 23.9. The van der Waals surface area contributed by atoms with Crippen LogP contribution in [-0.2, 0) is 13.2 Å². The summed E-state index contributed by atoms with van der Waals surface area (Å²) in [6.07, 6.45) is -5.72. The Morgan fingerprint density at radius 3 is 2.35 bits per heavy atom. The van der Waals surface area contributed by atoms with Crippen LogP contribution in [0.4, 0.5) is 22.0 Å². The van der Waals surface area contributed by atoms with Crippen molar-refractivity contribution < 1.29 is 26.7 Å². The van der Waals surface area contributed by atoms with Crippen LogP contribution in [0.25, 0.3) is 11.4 Å². The molecule has 12 heteroatoms. The maximum Gasteiger partial charge on any atom is 0.417 e. The molecule has 1 unspecified atom stereocenters. The van der Waals surface area contributed by atoms with Gasteiger partial charge in [0, 0.05) is 13.2 Å². The van der Waals surface area contributed by atoms with E-state index in [4.69, 9.17) is 27.9 Å². The van der Waals surface area contributed by atoms with Crippen LogP contribution in [0.1, 0.15) is 23.1 Å². The second kappa shape index (κ2) is 9.19. The molecule has 1 atom stereocenters. The van der Waals surface area contributed by atoms with Gasteiger partial charge in [-0.15, -0.1) is 0 Å². The van der Waals surface area contributed by atoms with E-state index < -0.39 is 23.7 Å². The number of hydrogen-bond donors (Lipinski definition) is 0. The molecule has 4 aromatic rings. The normalized spacial score (nSPS) is 12.6. The summed E-state index contributed by atoms with van der Waals surface area (Å²) in [5.41, 5.74) is -0.872. The van der Waals surface area contributed by atoms with Gasteiger partial charge < -0.3 is 4.74 Å². The van der Waals surface area contributed by atoms with Gasteiger partial charge in [0.15, 0.2) is 17.8 Å². The average Bonchev–Trinajstić information content (AvgIpc) is 3.15. The first-order valence-corrected chi connectivity index (χ1v) is 10.3. The quantitative estimate of drug-likeness (QED) is 0.264. The highest BCUT2D eigenvalue weighted by atomic mass is 35.5. The summed E-state index contributed by atoms with van der Waals surface area (Å²) in [5.74, 6) is -0.861. The molecule has 2 heterocycles. The molecule has 176 valence electrons. The Labute approximate surface area is 199 Å². The molecule has 2 aromatic carbocycles. The highest BCUT2D eigenvalue weighted by molar-refractivity contribution is 6.33. The highest BCUT2D eigenvalue weighted by Crippen LogP contribution is 2.36. The molecule has 0 aliphatic carbocycles. The zero-order valence-electron chi connectivity index (χ0n) is 17.1. The zero-order chi connectivity index (χ0) is 24.6. The van der Waals surface area contributed by atoms with E-state index in [1.807, 2.05) is 0 Å². The molecule has 0 saturated heterocycles. The fourth-order valence-corrected chi connectivity index (χ4v) is 3.51. The van der Waals surface area contributed by atoms with Gasteiger partial charge in [-0.1, -0.05) is 41.4 Å². The molecule has 0 bridgehead atoms. The van der Waals surface area contributed by atoms with Crippen LogP contribution in [0.3, 0.4) is 0 Å². The van der Waals surface area contributed by atoms with E-state index in [1.165, 1.54) is 54.2 Å². The minimum Gasteiger partial charge on any atom is -0.438 e. The third-order valence-corrected chi connectivity index (χ3v) is 5.32. The molecule has 0 amide bonds. The third-order valence-electron chi connectivity index (χ3n) is 4.73. The van der Waals surface area contributed by atoms with Gasteiger partial charge in [-0.3, -0.25) is 0 Å². The third kappa shape index (κ3) is 4.83. The number of benzene rings is 2. The lowest BCUT2D eigenvalue weighted by atomic mass is 10.1. The van der Waals surface area contributed by atoms with E-state index in [0.29, 0.717) is 12.3 Å². The Hall–Kier alpha value is -3.24. The van der Waals surface area contributed by atoms with E-state index in [-0.39, 0.29) is 44.5 Å². The predicted octanol–water partition coefficient (Wildman–Crippen LogP) is 7.19. The Balaban J connectivity index is 1.54. The minimum atomic E-state index is -4.59. The molecular weight excluding hydrogens is 502 g/mol. The maximum atomic E-state index is 15.2. The van der Waals surface area contributed by atoms with Crippen molar-refractivity contribution in [1.29, 1.82) is 0 Å². The van der Waals surface area contributed by atoms with Crippen LogP contribution in [0.5, 0.6) is 11.6 Å². The number of rotatable bonds is 5. The predicted molar refractivity (Wildman–Crippen MR) is 115 cm³/mol. The number of aromatic nitrogens is 4. The van der Waals surface area contributed by atoms with Crippen LogP contribution in [0, 0.1) is 5.82 Å². The molecule has 0 aliphatic heterocycles. The lowest BCUT2D eigenvalue weighted by Crippen LogP contribution is -2.06. The van der Waals surface area contributed by atoms with E-state index in [9.17, 15) is 17.6 Å². The van der Waals surface area contributed by atoms with Gasteiger partial charge >= 0.3 is 6.18 Å². The molecule has 4 rings (SSSR count). The fourth-order valence-electron chi connectivity index (χ4n) is 3.06. The topological polar surface area (TPSA) is 52.8 Å². The van der Waals surface area contributed by atoms with Crippen LogP contribution < -0.4 is 4.74 Å². The largest absolute Gasteiger partial charge is 0.438 e. The molecule has 0 fully saturated rings. The van der Waals surface area contributed by atoms with E-state index in [0.717, 1.165) is 0 Å². The van der Waals surface area contributed by atoms with Crippen molar-refractivity contribution >= 4 is 23.2 Å². The summed E-state index contributed by atoms with van der Waals surface area (Å²) >= 11 is 11.9. The number of aryl methyl sites for hydroxylation is 1. The van der Waals surface area contributed by atoms with E-state index in [1.54, 1.807) is 0 Å². The number of alkyl halides is 4. The maximum absolute atomic E-state index is 15.2. The summed E-state index contributed by atoms with van der Waals surface area (Å²) in [5, 5.41) is 3.82. The van der Waals surface area contributed by atoms with Crippen LogP contribution in [-0.4, -0.2) is 19.7 Å². The second-order valence-electron chi connectivity index (χ2n) is 7.06. The van der Waals surface area contributed by atoms with Crippen molar-refractivity contribution in [2.24, 2.45) is 7.05 Å². The van der Waals surface area contributed by atoms with Gasteiger partial charge in [-0.25, -0.2) is 23.4 Å². The SMILES string of the molecule is Cn1nc(-c2c(F)cccc2Cl)nc1C(F)c1ccc(Oc2ncc(C(F)(F)F)cc2Cl)cc1. The molecule has 0 aliphatic rings. The molecule has 0 N–H and O–H groups in total. The van der Waals surface area contributed by atoms with Gasteiger partial charge in [0.25, 0.3) is 0 Å². The van der Waals surface area contributed by atoms with E-state index >= 15 is 4.39 Å². The Bertz CT molecular complexity index is 1320. The molecule has 34 heavy (non-hydrogen) atoms. The monoisotopic (exact) mass is 514 g/mol. The van der Waals surface area contributed by atoms with Gasteiger partial charge in [0.05, 0.1) is 16.1 Å². The molecular formula is C22H13Cl2F5N4O. The van der Waals surface area contributed by atoms with Crippen LogP contribution >= 0.6 is 23.2 Å². The molecule has 2 aromatic heterocycles. The Kier molecular flexibility index (Phi) is 6.46. The number of pyridine rings is 1. The fraction of sp³-hybridized carbons (Fsp3) is 0.136. The van der Waals surface area contributed by atoms with Crippen molar-refractivity contribution in [3.63, 3.8) is 0 Å². The van der Waals surface area contributed by atoms with Gasteiger partial charge in [0.1, 0.15) is 16.6 Å². The Morgan fingerprint density at radius 2 is 1.74 bits per heavy atom. The van der Waals surface area contributed by atoms with Crippen molar-refractivity contribution in [3.05, 3.63) is 87.5 Å². The van der Waals surface area contributed by atoms with Crippen molar-refractivity contribution in [3.8, 4) is 23.0 Å². The zero-order valence-corrected chi connectivity index (χ0v) is 18.6. The van der Waals surface area contributed by atoms with Crippen molar-refractivity contribution in [2.45, 2.75) is 12.3 Å². The van der Waals surface area contributed by atoms with Gasteiger partial charge in [0.2, 0.25) is 5.88 Å². The Morgan fingerprint density at radius 1 is 1.03 bits per heavy atom. The average molecular weight is 515 g/mol. The van der Waals surface area contributed by atoms with Crippen molar-refractivity contribution in [1.82, 2.24) is 19.7 Å². The molecule has 5 nitrogen and oxygen atoms in total. The van der Waals surface area contributed by atoms with E-state index in [2.05, 4.69) is 15.1 Å². The first-order chi connectivity index (χ1) is 16.0. The minimum absolute atomic E-state index is 0.0390. The molecule has 0 radical (unpaired) electrons. The lowest BCUT2D eigenvalue weighted by molar-refractivity contribution is -0.137. The molecule has 0 saturated carbocycles. The molecule has 0 spiro atoms. The second-order valence-corrected chi connectivity index (χ2v) is 7.87. The van der Waals surface area contributed by atoms with Crippen molar-refractivity contribution in [2.75, 3.05) is 0 Å². The summed E-state index contributed by atoms with van der Waals surface area (Å²) in [4.78, 5) is 7.70. The summed E-state index contributed by atoms with van der Waals surface area (Å²) in [6, 6.07) is 10.4. The smallest absolute Gasteiger partial charge is 0.417 e. The van der Waals surface area contributed by atoms with Gasteiger partial charge in [-0.2, -0.15) is 18.3 Å². The number of ether oxygens (including phenoxy) is 1.